The highest BCUT2D eigenvalue weighted by atomic mass is 79.9. The summed E-state index contributed by atoms with van der Waals surface area (Å²) in [4.78, 5) is 18.9. The molecule has 1 aromatic heterocycles. The zero-order chi connectivity index (χ0) is 18.5. The van der Waals surface area contributed by atoms with Gasteiger partial charge in [0.15, 0.2) is 0 Å². The number of aliphatic hydroxyl groups excluding tert-OH is 1. The Labute approximate surface area is 163 Å². The molecule has 1 saturated carbocycles. The van der Waals surface area contributed by atoms with Gasteiger partial charge in [0.05, 0.1) is 12.7 Å². The highest BCUT2D eigenvalue weighted by Crippen LogP contribution is 2.26. The van der Waals surface area contributed by atoms with E-state index < -0.39 is 0 Å². The highest BCUT2D eigenvalue weighted by molar-refractivity contribution is 9.10. The molecule has 1 aromatic rings. The normalized spacial score (nSPS) is 24.5. The zero-order valence-electron chi connectivity index (χ0n) is 15.3. The van der Waals surface area contributed by atoms with Gasteiger partial charge >= 0.3 is 5.97 Å². The molecule has 0 bridgehead atoms. The van der Waals surface area contributed by atoms with Crippen LogP contribution in [-0.4, -0.2) is 53.9 Å². The minimum absolute atomic E-state index is 0.217. The van der Waals surface area contributed by atoms with Gasteiger partial charge in [-0.3, -0.25) is 0 Å². The third-order valence-electron chi connectivity index (χ3n) is 5.30. The molecule has 1 aliphatic carbocycles. The highest BCUT2D eigenvalue weighted by Gasteiger charge is 2.29. The van der Waals surface area contributed by atoms with Gasteiger partial charge in [0, 0.05) is 35.8 Å². The van der Waals surface area contributed by atoms with Crippen LogP contribution in [0.5, 0.6) is 0 Å². The number of halogens is 1. The molecule has 2 atom stereocenters. The van der Waals surface area contributed by atoms with E-state index in [2.05, 4.69) is 31.1 Å². The minimum Gasteiger partial charge on any atom is -0.462 e. The number of nitrogens with one attached hydrogen (secondary N) is 1. The first-order chi connectivity index (χ1) is 12.6. The molecule has 2 fully saturated rings. The molecule has 0 aromatic carbocycles. The number of pyridine rings is 1. The van der Waals surface area contributed by atoms with E-state index in [4.69, 9.17) is 4.74 Å². The van der Waals surface area contributed by atoms with Gasteiger partial charge in [0.2, 0.25) is 0 Å². The van der Waals surface area contributed by atoms with Crippen molar-refractivity contribution in [3.05, 3.63) is 22.3 Å². The van der Waals surface area contributed by atoms with Crippen molar-refractivity contribution in [3.63, 3.8) is 0 Å². The van der Waals surface area contributed by atoms with Gasteiger partial charge in [-0.2, -0.15) is 0 Å². The average molecular weight is 426 g/mol. The van der Waals surface area contributed by atoms with Crippen molar-refractivity contribution >= 4 is 27.7 Å². The van der Waals surface area contributed by atoms with Gasteiger partial charge in [0.1, 0.15) is 11.4 Å². The van der Waals surface area contributed by atoms with E-state index in [0.717, 1.165) is 49.7 Å². The first kappa shape index (κ1) is 19.6. The van der Waals surface area contributed by atoms with Crippen LogP contribution in [0.25, 0.3) is 0 Å². The molecule has 144 valence electrons. The van der Waals surface area contributed by atoms with Crippen LogP contribution in [0.1, 0.15) is 55.8 Å². The fourth-order valence-electron chi connectivity index (χ4n) is 3.91. The maximum atomic E-state index is 12.3. The van der Waals surface area contributed by atoms with Gasteiger partial charge in [-0.05, 0) is 54.6 Å². The largest absolute Gasteiger partial charge is 0.462 e. The molecule has 3 rings (SSSR count). The van der Waals surface area contributed by atoms with Crippen molar-refractivity contribution in [2.45, 2.75) is 63.6 Å². The molecule has 1 aliphatic heterocycles. The lowest BCUT2D eigenvalue weighted by Gasteiger charge is -2.38. The summed E-state index contributed by atoms with van der Waals surface area (Å²) in [6, 6.07) is 2.41. The summed E-state index contributed by atoms with van der Waals surface area (Å²) in [6.07, 6.45) is 7.74. The van der Waals surface area contributed by atoms with Crippen LogP contribution in [0.4, 0.5) is 5.82 Å². The van der Waals surface area contributed by atoms with Gasteiger partial charge in [0.25, 0.3) is 0 Å². The molecule has 2 heterocycles. The van der Waals surface area contributed by atoms with Crippen LogP contribution in [0, 0.1) is 0 Å². The molecule has 0 unspecified atom stereocenters. The number of nitrogens with zero attached hydrogens (tertiary/aromatic N) is 2. The number of carbonyl (C=O) groups excluding carboxylic acids is 1. The summed E-state index contributed by atoms with van der Waals surface area (Å²) < 4.78 is 5.95. The number of carbonyl (C=O) groups is 1. The Morgan fingerprint density at radius 2 is 2.08 bits per heavy atom. The number of rotatable bonds is 5. The predicted octanol–water partition coefficient (Wildman–Crippen LogP) is 2.88. The van der Waals surface area contributed by atoms with Crippen molar-refractivity contribution in [2.75, 3.05) is 24.6 Å². The summed E-state index contributed by atoms with van der Waals surface area (Å²) in [7, 11) is 0. The van der Waals surface area contributed by atoms with Crippen molar-refractivity contribution in [1.29, 1.82) is 0 Å². The summed E-state index contributed by atoms with van der Waals surface area (Å²) in [5.41, 5.74) is 0.510. The standard InChI is InChI=1S/C19H28BrN3O3/c1-2-26-19(25)15-11-13(20)12-21-18(15)23-9-7-14(8-10-23)22-16-5-3-4-6-17(16)24/h11-12,14,16-17,22,24H,2-10H2,1H3/t16-,17+/m1/s1. The van der Waals surface area contributed by atoms with Crippen LogP contribution in [0.15, 0.2) is 16.7 Å². The summed E-state index contributed by atoms with van der Waals surface area (Å²) in [5.74, 6) is 0.365. The lowest BCUT2D eigenvalue weighted by atomic mass is 9.91. The average Bonchev–Trinajstić information content (AvgIpc) is 2.64. The Morgan fingerprint density at radius 3 is 2.77 bits per heavy atom. The second-order valence-corrected chi connectivity index (χ2v) is 8.05. The smallest absolute Gasteiger partial charge is 0.341 e. The monoisotopic (exact) mass is 425 g/mol. The van der Waals surface area contributed by atoms with Crippen LogP contribution < -0.4 is 10.2 Å². The number of hydrogen-bond acceptors (Lipinski definition) is 6. The van der Waals surface area contributed by atoms with Crippen LogP contribution in [0.3, 0.4) is 0 Å². The topological polar surface area (TPSA) is 74.7 Å². The SMILES string of the molecule is CCOC(=O)c1cc(Br)cnc1N1CCC(N[C@@H]2CCCC[C@@H]2O)CC1. The summed E-state index contributed by atoms with van der Waals surface area (Å²) in [5, 5.41) is 13.8. The van der Waals surface area contributed by atoms with Crippen molar-refractivity contribution in [1.82, 2.24) is 10.3 Å². The molecule has 1 saturated heterocycles. The first-order valence-electron chi connectivity index (χ1n) is 9.60. The van der Waals surface area contributed by atoms with E-state index in [1.54, 1.807) is 19.2 Å². The van der Waals surface area contributed by atoms with Crippen molar-refractivity contribution < 1.29 is 14.6 Å². The first-order valence-corrected chi connectivity index (χ1v) is 10.4. The Kier molecular flexibility index (Phi) is 6.89. The quantitative estimate of drug-likeness (QED) is 0.706. The maximum absolute atomic E-state index is 12.3. The molecule has 2 aliphatic rings. The summed E-state index contributed by atoms with van der Waals surface area (Å²) in [6.45, 7) is 3.82. The number of ether oxygens (including phenoxy) is 1. The molecular weight excluding hydrogens is 398 g/mol. The Morgan fingerprint density at radius 1 is 1.35 bits per heavy atom. The molecule has 2 N–H and O–H groups in total. The molecule has 7 heteroatoms. The predicted molar refractivity (Wildman–Crippen MR) is 105 cm³/mol. The van der Waals surface area contributed by atoms with E-state index >= 15 is 0 Å². The third-order valence-corrected chi connectivity index (χ3v) is 5.74. The van der Waals surface area contributed by atoms with E-state index in [1.165, 1.54) is 6.42 Å². The second-order valence-electron chi connectivity index (χ2n) is 7.13. The van der Waals surface area contributed by atoms with Gasteiger partial charge < -0.3 is 20.1 Å². The van der Waals surface area contributed by atoms with Gasteiger partial charge in [-0.15, -0.1) is 0 Å². The van der Waals surface area contributed by atoms with Gasteiger partial charge in [-0.1, -0.05) is 12.8 Å². The minimum atomic E-state index is -0.332. The fourth-order valence-corrected chi connectivity index (χ4v) is 4.24. The molecule has 0 radical (unpaired) electrons. The van der Waals surface area contributed by atoms with E-state index in [-0.39, 0.29) is 18.1 Å². The van der Waals surface area contributed by atoms with Crippen molar-refractivity contribution in [3.8, 4) is 0 Å². The Balaban J connectivity index is 1.62. The number of aliphatic hydroxyl groups is 1. The Bertz CT molecular complexity index is 620. The number of hydrogen-bond donors (Lipinski definition) is 2. The van der Waals surface area contributed by atoms with E-state index in [0.29, 0.717) is 24.0 Å². The lowest BCUT2D eigenvalue weighted by Crippen LogP contribution is -2.51. The molecule has 26 heavy (non-hydrogen) atoms. The third kappa shape index (κ3) is 4.75. The molecular formula is C19H28BrN3O3. The van der Waals surface area contributed by atoms with E-state index in [1.807, 2.05) is 0 Å². The van der Waals surface area contributed by atoms with Crippen LogP contribution in [-0.2, 0) is 4.74 Å². The fraction of sp³-hybridized carbons (Fsp3) is 0.684. The molecule has 6 nitrogen and oxygen atoms in total. The number of esters is 1. The Hall–Kier alpha value is -1.18. The van der Waals surface area contributed by atoms with Crippen LogP contribution >= 0.6 is 15.9 Å². The van der Waals surface area contributed by atoms with Gasteiger partial charge in [-0.25, -0.2) is 9.78 Å². The van der Waals surface area contributed by atoms with E-state index in [9.17, 15) is 9.90 Å². The maximum Gasteiger partial charge on any atom is 0.341 e. The van der Waals surface area contributed by atoms with Crippen LogP contribution in [0.2, 0.25) is 0 Å². The number of anilines is 1. The zero-order valence-corrected chi connectivity index (χ0v) is 16.9. The second kappa shape index (κ2) is 9.15. The summed E-state index contributed by atoms with van der Waals surface area (Å²) >= 11 is 3.39. The lowest BCUT2D eigenvalue weighted by molar-refractivity contribution is 0.0526. The number of aromatic nitrogens is 1. The molecule has 0 amide bonds. The number of piperidine rings is 1. The molecule has 0 spiro atoms. The van der Waals surface area contributed by atoms with Crippen molar-refractivity contribution in [2.24, 2.45) is 0 Å².